The predicted molar refractivity (Wildman–Crippen MR) is 99.3 cm³/mol. The summed E-state index contributed by atoms with van der Waals surface area (Å²) in [5.74, 6) is -1.01. The molecule has 1 saturated heterocycles. The number of sulfonamides is 1. The number of amides is 1. The largest absolute Gasteiger partial charge is 0.339 e. The predicted octanol–water partition coefficient (Wildman–Crippen LogP) is 1.86. The minimum absolute atomic E-state index is 0.0759. The fourth-order valence-electron chi connectivity index (χ4n) is 2.75. The molecule has 9 heteroatoms. The van der Waals surface area contributed by atoms with Crippen molar-refractivity contribution in [1.82, 2.24) is 9.80 Å². The first-order chi connectivity index (χ1) is 12.4. The van der Waals surface area contributed by atoms with Crippen molar-refractivity contribution in [2.75, 3.05) is 44.1 Å². The molecule has 0 unspecified atom stereocenters. The van der Waals surface area contributed by atoms with Crippen LogP contribution in [0.1, 0.15) is 0 Å². The van der Waals surface area contributed by atoms with Crippen LogP contribution in [-0.2, 0) is 14.8 Å². The molecule has 1 aromatic heterocycles. The summed E-state index contributed by atoms with van der Waals surface area (Å²) in [6.07, 6.45) is 0. The van der Waals surface area contributed by atoms with Crippen LogP contribution in [0, 0.1) is 5.82 Å². The summed E-state index contributed by atoms with van der Waals surface area (Å²) in [6.45, 7) is 2.08. The molecule has 1 aliphatic rings. The summed E-state index contributed by atoms with van der Waals surface area (Å²) in [5.41, 5.74) is -0.122. The van der Waals surface area contributed by atoms with Gasteiger partial charge in [-0.3, -0.25) is 9.10 Å². The molecule has 0 atom stereocenters. The minimum atomic E-state index is -4.02. The molecule has 0 radical (unpaired) electrons. The highest BCUT2D eigenvalue weighted by Crippen LogP contribution is 2.28. The molecular weight excluding hydrogens is 377 g/mol. The number of anilines is 1. The third kappa shape index (κ3) is 3.89. The van der Waals surface area contributed by atoms with E-state index < -0.39 is 22.4 Å². The minimum Gasteiger partial charge on any atom is -0.339 e. The third-order valence-electron chi connectivity index (χ3n) is 4.30. The molecule has 1 aliphatic heterocycles. The Labute approximate surface area is 156 Å². The lowest BCUT2D eigenvalue weighted by molar-refractivity contribution is -0.131. The van der Waals surface area contributed by atoms with Crippen LogP contribution in [0.3, 0.4) is 0 Å². The Morgan fingerprint density at radius 1 is 1.15 bits per heavy atom. The maximum atomic E-state index is 14.3. The van der Waals surface area contributed by atoms with Crippen LogP contribution < -0.4 is 4.31 Å². The molecular formula is C17H20FN3O3S2. The Hall–Kier alpha value is -1.97. The number of rotatable bonds is 5. The fraction of sp³-hybridized carbons (Fsp3) is 0.353. The van der Waals surface area contributed by atoms with Crippen molar-refractivity contribution in [3.63, 3.8) is 0 Å². The first kappa shape index (κ1) is 18.8. The summed E-state index contributed by atoms with van der Waals surface area (Å²) in [4.78, 5) is 16.4. The molecule has 0 saturated carbocycles. The lowest BCUT2D eigenvalue weighted by atomic mass is 10.3. The molecule has 0 bridgehead atoms. The van der Waals surface area contributed by atoms with Crippen molar-refractivity contribution in [3.8, 4) is 0 Å². The molecule has 3 rings (SSSR count). The van der Waals surface area contributed by atoms with E-state index in [4.69, 9.17) is 0 Å². The zero-order valence-electron chi connectivity index (χ0n) is 14.3. The molecule has 2 heterocycles. The van der Waals surface area contributed by atoms with E-state index in [0.29, 0.717) is 13.1 Å². The number of nitrogens with zero attached hydrogens (tertiary/aromatic N) is 3. The summed E-state index contributed by atoms with van der Waals surface area (Å²) < 4.78 is 41.3. The maximum Gasteiger partial charge on any atom is 0.274 e. The Balaban J connectivity index is 1.92. The first-order valence-electron chi connectivity index (χ1n) is 8.16. The second kappa shape index (κ2) is 7.73. The fourth-order valence-corrected chi connectivity index (χ4v) is 5.28. The monoisotopic (exact) mass is 397 g/mol. The van der Waals surface area contributed by atoms with Gasteiger partial charge < -0.3 is 9.80 Å². The summed E-state index contributed by atoms with van der Waals surface area (Å²) >= 11 is 1.04. The van der Waals surface area contributed by atoms with Crippen LogP contribution in [0.4, 0.5) is 10.1 Å². The highest BCUT2D eigenvalue weighted by Gasteiger charge is 2.31. The van der Waals surface area contributed by atoms with Crippen LogP contribution in [0.15, 0.2) is 46.0 Å². The lowest BCUT2D eigenvalue weighted by Gasteiger charge is -2.34. The highest BCUT2D eigenvalue weighted by atomic mass is 32.2. The van der Waals surface area contributed by atoms with Gasteiger partial charge in [0.1, 0.15) is 16.6 Å². The van der Waals surface area contributed by atoms with E-state index in [1.807, 2.05) is 7.05 Å². The second-order valence-corrected chi connectivity index (χ2v) is 9.12. The van der Waals surface area contributed by atoms with Gasteiger partial charge in [-0.1, -0.05) is 18.2 Å². The molecule has 6 nitrogen and oxygen atoms in total. The van der Waals surface area contributed by atoms with E-state index in [-0.39, 0.29) is 15.8 Å². The summed E-state index contributed by atoms with van der Waals surface area (Å²) in [7, 11) is -2.06. The molecule has 0 aliphatic carbocycles. The number of para-hydroxylation sites is 1. The molecule has 1 aromatic carbocycles. The molecule has 1 amide bonds. The zero-order valence-corrected chi connectivity index (χ0v) is 16.0. The van der Waals surface area contributed by atoms with Gasteiger partial charge in [-0.15, -0.1) is 11.3 Å². The zero-order chi connectivity index (χ0) is 18.7. The standard InChI is InChI=1S/C17H20FN3O3S2/c1-19-8-10-20(11-9-19)16(22)13-21(15-6-3-2-5-14(15)18)26(23,24)17-7-4-12-25-17/h2-7,12H,8-11,13H2,1H3. The number of carbonyl (C=O) groups is 1. The van der Waals surface area contributed by atoms with Crippen molar-refractivity contribution in [3.05, 3.63) is 47.6 Å². The smallest absolute Gasteiger partial charge is 0.274 e. The highest BCUT2D eigenvalue weighted by molar-refractivity contribution is 7.94. The van der Waals surface area contributed by atoms with Gasteiger partial charge in [0, 0.05) is 26.2 Å². The van der Waals surface area contributed by atoms with E-state index in [2.05, 4.69) is 4.90 Å². The molecule has 26 heavy (non-hydrogen) atoms. The van der Waals surface area contributed by atoms with Crippen LogP contribution in [-0.4, -0.2) is 63.9 Å². The average molecular weight is 397 g/mol. The number of hydrogen-bond donors (Lipinski definition) is 0. The third-order valence-corrected chi connectivity index (χ3v) is 7.43. The number of likely N-dealkylation sites (N-methyl/N-ethyl adjacent to an activating group) is 1. The van der Waals surface area contributed by atoms with Gasteiger partial charge >= 0.3 is 0 Å². The molecule has 0 N–H and O–H groups in total. The van der Waals surface area contributed by atoms with Crippen LogP contribution in [0.2, 0.25) is 0 Å². The first-order valence-corrected chi connectivity index (χ1v) is 10.5. The van der Waals surface area contributed by atoms with Gasteiger partial charge in [0.15, 0.2) is 0 Å². The number of hydrogen-bond acceptors (Lipinski definition) is 5. The van der Waals surface area contributed by atoms with E-state index in [9.17, 15) is 17.6 Å². The lowest BCUT2D eigenvalue weighted by Crippen LogP contribution is -2.50. The second-order valence-electron chi connectivity index (χ2n) is 6.08. The molecule has 140 valence electrons. The normalized spacial score (nSPS) is 15.8. The van der Waals surface area contributed by atoms with Gasteiger partial charge in [-0.2, -0.15) is 0 Å². The van der Waals surface area contributed by atoms with Gasteiger partial charge in [0.25, 0.3) is 10.0 Å². The quantitative estimate of drug-likeness (QED) is 0.773. The number of benzene rings is 1. The van der Waals surface area contributed by atoms with Gasteiger partial charge in [-0.25, -0.2) is 12.8 Å². The number of halogens is 1. The van der Waals surface area contributed by atoms with Crippen molar-refractivity contribution in [2.45, 2.75) is 4.21 Å². The van der Waals surface area contributed by atoms with Gasteiger partial charge in [-0.05, 0) is 30.6 Å². The van der Waals surface area contributed by atoms with E-state index in [1.54, 1.807) is 22.4 Å². The Morgan fingerprint density at radius 3 is 2.46 bits per heavy atom. The molecule has 0 spiro atoms. The Morgan fingerprint density at radius 2 is 1.85 bits per heavy atom. The number of piperazine rings is 1. The van der Waals surface area contributed by atoms with Crippen molar-refractivity contribution in [2.24, 2.45) is 0 Å². The SMILES string of the molecule is CN1CCN(C(=O)CN(c2ccccc2F)S(=O)(=O)c2cccs2)CC1. The maximum absolute atomic E-state index is 14.3. The number of carbonyl (C=O) groups excluding carboxylic acids is 1. The Kier molecular flexibility index (Phi) is 5.59. The van der Waals surface area contributed by atoms with Gasteiger partial charge in [0.2, 0.25) is 5.91 Å². The van der Waals surface area contributed by atoms with E-state index in [0.717, 1.165) is 28.7 Å². The van der Waals surface area contributed by atoms with Crippen LogP contribution >= 0.6 is 11.3 Å². The summed E-state index contributed by atoms with van der Waals surface area (Å²) in [6, 6.07) is 8.66. The Bertz CT molecular complexity index is 863. The topological polar surface area (TPSA) is 60.9 Å². The molecule has 1 fully saturated rings. The number of thiophene rings is 1. The van der Waals surface area contributed by atoms with Gasteiger partial charge in [0.05, 0.1) is 5.69 Å². The van der Waals surface area contributed by atoms with E-state index in [1.165, 1.54) is 24.3 Å². The van der Waals surface area contributed by atoms with Crippen molar-refractivity contribution < 1.29 is 17.6 Å². The van der Waals surface area contributed by atoms with Crippen LogP contribution in [0.5, 0.6) is 0 Å². The van der Waals surface area contributed by atoms with E-state index >= 15 is 0 Å². The van der Waals surface area contributed by atoms with Crippen molar-refractivity contribution >= 4 is 33.0 Å². The van der Waals surface area contributed by atoms with Crippen LogP contribution in [0.25, 0.3) is 0 Å². The average Bonchev–Trinajstić information content (AvgIpc) is 3.16. The summed E-state index contributed by atoms with van der Waals surface area (Å²) in [5, 5.41) is 1.63. The van der Waals surface area contributed by atoms with Crippen molar-refractivity contribution in [1.29, 1.82) is 0 Å². The molecule has 2 aromatic rings.